The molecule has 0 bridgehead atoms. The van der Waals surface area contributed by atoms with E-state index in [9.17, 15) is 4.79 Å². The number of nitrogens with two attached hydrogens (primary N) is 1. The van der Waals surface area contributed by atoms with Crippen molar-refractivity contribution in [2.45, 2.75) is 0 Å². The molecule has 0 spiro atoms. The molecular formula is C17H14NNaO. The van der Waals surface area contributed by atoms with Crippen LogP contribution in [0.3, 0.4) is 0 Å². The fraction of sp³-hybridized carbons (Fsp3) is 0. The number of carbonyl (C=O) groups excluding carboxylic acids is 1. The van der Waals surface area contributed by atoms with E-state index < -0.39 is 0 Å². The molecule has 0 heterocycles. The van der Waals surface area contributed by atoms with Crippen LogP contribution in [0.4, 0.5) is 5.69 Å². The molecule has 0 aliphatic carbocycles. The van der Waals surface area contributed by atoms with E-state index in [-0.39, 0.29) is 35.3 Å². The summed E-state index contributed by atoms with van der Waals surface area (Å²) in [5.74, 6) is 0.0248. The van der Waals surface area contributed by atoms with Crippen LogP contribution in [0.25, 0.3) is 10.8 Å². The monoisotopic (exact) mass is 271 g/mol. The Hall–Kier alpha value is -1.61. The average molecular weight is 271 g/mol. The first-order valence-electron chi connectivity index (χ1n) is 6.14. The van der Waals surface area contributed by atoms with Crippen LogP contribution < -0.4 is 5.73 Å². The van der Waals surface area contributed by atoms with Crippen molar-refractivity contribution in [1.82, 2.24) is 0 Å². The van der Waals surface area contributed by atoms with Gasteiger partial charge in [-0.15, -0.1) is 0 Å². The van der Waals surface area contributed by atoms with E-state index in [1.807, 2.05) is 42.5 Å². The van der Waals surface area contributed by atoms with Crippen molar-refractivity contribution in [3.63, 3.8) is 0 Å². The van der Waals surface area contributed by atoms with E-state index in [2.05, 4.69) is 0 Å². The van der Waals surface area contributed by atoms with E-state index in [1.54, 1.807) is 24.3 Å². The number of nitrogen functional groups attached to an aromatic ring is 1. The summed E-state index contributed by atoms with van der Waals surface area (Å²) in [6.07, 6.45) is 0. The number of anilines is 1. The van der Waals surface area contributed by atoms with Crippen LogP contribution in [-0.2, 0) is 0 Å². The van der Waals surface area contributed by atoms with E-state index in [0.29, 0.717) is 11.3 Å². The molecule has 3 aromatic rings. The van der Waals surface area contributed by atoms with Crippen molar-refractivity contribution in [3.05, 3.63) is 77.9 Å². The molecule has 0 fully saturated rings. The second-order valence-electron chi connectivity index (χ2n) is 4.48. The van der Waals surface area contributed by atoms with Gasteiger partial charge in [-0.05, 0) is 35.0 Å². The quantitative estimate of drug-likeness (QED) is 0.442. The van der Waals surface area contributed by atoms with Crippen LogP contribution in [0.5, 0.6) is 0 Å². The zero-order valence-corrected chi connectivity index (χ0v) is 10.3. The maximum absolute atomic E-state index is 12.5. The number of hydrogen-bond acceptors (Lipinski definition) is 2. The third kappa shape index (κ3) is 2.78. The van der Waals surface area contributed by atoms with Crippen molar-refractivity contribution in [3.8, 4) is 0 Å². The Balaban J connectivity index is 0.00000147. The van der Waals surface area contributed by atoms with Crippen molar-refractivity contribution in [2.24, 2.45) is 0 Å². The van der Waals surface area contributed by atoms with Crippen LogP contribution >= 0.6 is 0 Å². The van der Waals surface area contributed by atoms with Crippen LogP contribution in [0.1, 0.15) is 15.9 Å². The second kappa shape index (κ2) is 6.23. The second-order valence-corrected chi connectivity index (χ2v) is 4.48. The van der Waals surface area contributed by atoms with E-state index in [0.717, 1.165) is 16.3 Å². The molecule has 2 nitrogen and oxygen atoms in total. The number of benzene rings is 3. The Morgan fingerprint density at radius 2 is 1.45 bits per heavy atom. The zero-order chi connectivity index (χ0) is 13.2. The fourth-order valence-electron chi connectivity index (χ4n) is 2.21. The molecule has 0 amide bonds. The molecule has 3 heteroatoms. The zero-order valence-electron chi connectivity index (χ0n) is 10.3. The Morgan fingerprint density at radius 3 is 2.20 bits per heavy atom. The summed E-state index contributed by atoms with van der Waals surface area (Å²) >= 11 is 0. The predicted molar refractivity (Wildman–Crippen MR) is 85.4 cm³/mol. The first kappa shape index (κ1) is 14.8. The molecule has 0 radical (unpaired) electrons. The van der Waals surface area contributed by atoms with Gasteiger partial charge in [-0.1, -0.05) is 42.5 Å². The number of fused-ring (bicyclic) bond motifs is 1. The maximum atomic E-state index is 12.5. The molecule has 94 valence electrons. The Morgan fingerprint density at radius 1 is 0.800 bits per heavy atom. The number of rotatable bonds is 2. The van der Waals surface area contributed by atoms with Crippen molar-refractivity contribution in [1.29, 1.82) is 0 Å². The number of ketones is 1. The summed E-state index contributed by atoms with van der Waals surface area (Å²) in [7, 11) is 0. The van der Waals surface area contributed by atoms with E-state index in [4.69, 9.17) is 5.73 Å². The van der Waals surface area contributed by atoms with E-state index >= 15 is 0 Å². The first-order chi connectivity index (χ1) is 9.25. The summed E-state index contributed by atoms with van der Waals surface area (Å²) in [6.45, 7) is 0. The minimum atomic E-state index is 0. The van der Waals surface area contributed by atoms with Crippen LogP contribution in [0.15, 0.2) is 66.7 Å². The molecular weight excluding hydrogens is 257 g/mol. The van der Waals surface area contributed by atoms with Gasteiger partial charge < -0.3 is 5.73 Å². The molecule has 3 rings (SSSR count). The van der Waals surface area contributed by atoms with Gasteiger partial charge in [0.25, 0.3) is 0 Å². The predicted octanol–water partition coefficient (Wildman–Crippen LogP) is 3.00. The molecule has 3 aromatic carbocycles. The summed E-state index contributed by atoms with van der Waals surface area (Å²) in [5, 5.41) is 2.05. The van der Waals surface area contributed by atoms with Gasteiger partial charge >= 0.3 is 29.6 Å². The Bertz CT molecular complexity index is 745. The van der Waals surface area contributed by atoms with Crippen LogP contribution in [0.2, 0.25) is 0 Å². The fourth-order valence-corrected chi connectivity index (χ4v) is 2.21. The van der Waals surface area contributed by atoms with Gasteiger partial charge in [-0.25, -0.2) is 0 Å². The SMILES string of the molecule is Nc1ccc(C(=O)c2cccc3ccccc23)cc1.[NaH]. The first-order valence-corrected chi connectivity index (χ1v) is 6.14. The molecule has 0 atom stereocenters. The molecule has 2 N–H and O–H groups in total. The third-order valence-corrected chi connectivity index (χ3v) is 3.21. The Kier molecular flexibility index (Phi) is 4.61. The average Bonchev–Trinajstić information content (AvgIpc) is 2.47. The summed E-state index contributed by atoms with van der Waals surface area (Å²) in [5.41, 5.74) is 7.69. The van der Waals surface area contributed by atoms with Gasteiger partial charge in [-0.3, -0.25) is 4.79 Å². The molecule has 20 heavy (non-hydrogen) atoms. The van der Waals surface area contributed by atoms with Crippen molar-refractivity contribution >= 4 is 51.8 Å². The number of carbonyl (C=O) groups is 1. The van der Waals surface area contributed by atoms with Crippen LogP contribution in [0, 0.1) is 0 Å². The van der Waals surface area contributed by atoms with Gasteiger partial charge in [0.1, 0.15) is 0 Å². The minimum absolute atomic E-state index is 0. The van der Waals surface area contributed by atoms with Gasteiger partial charge in [0.2, 0.25) is 0 Å². The molecule has 0 saturated heterocycles. The normalized spacial score (nSPS) is 10.0. The van der Waals surface area contributed by atoms with Gasteiger partial charge in [-0.2, -0.15) is 0 Å². The molecule has 0 saturated carbocycles. The van der Waals surface area contributed by atoms with Gasteiger partial charge in [0, 0.05) is 16.8 Å². The van der Waals surface area contributed by atoms with Gasteiger partial charge in [0.05, 0.1) is 0 Å². The molecule has 0 aromatic heterocycles. The van der Waals surface area contributed by atoms with Crippen molar-refractivity contribution in [2.75, 3.05) is 5.73 Å². The number of hydrogen-bond donors (Lipinski definition) is 1. The Labute approximate surface area is 139 Å². The summed E-state index contributed by atoms with van der Waals surface area (Å²) < 4.78 is 0. The summed E-state index contributed by atoms with van der Waals surface area (Å²) in [6, 6.07) is 20.7. The third-order valence-electron chi connectivity index (χ3n) is 3.21. The summed E-state index contributed by atoms with van der Waals surface area (Å²) in [4.78, 5) is 12.5. The molecule has 0 aliphatic rings. The molecule has 0 unspecified atom stereocenters. The molecule has 0 aliphatic heterocycles. The van der Waals surface area contributed by atoms with E-state index in [1.165, 1.54) is 0 Å². The standard InChI is InChI=1S/C17H13NO.Na.H/c18-14-10-8-13(9-11-14)17(19)16-7-3-5-12-4-1-2-6-15(12)16;;/h1-11H,18H2;;. The van der Waals surface area contributed by atoms with Crippen LogP contribution in [-0.4, -0.2) is 35.3 Å². The van der Waals surface area contributed by atoms with Gasteiger partial charge in [0.15, 0.2) is 5.78 Å². The topological polar surface area (TPSA) is 43.1 Å². The van der Waals surface area contributed by atoms with Crippen molar-refractivity contribution < 1.29 is 4.79 Å².